The summed E-state index contributed by atoms with van der Waals surface area (Å²) in [5.74, 6) is 0. The van der Waals surface area contributed by atoms with E-state index in [9.17, 15) is 0 Å². The number of nitrogens with two attached hydrogens (primary N) is 1. The smallest absolute Gasteiger partial charge is 0.0665 e. The molecule has 0 spiro atoms. The second-order valence-corrected chi connectivity index (χ2v) is 5.45. The van der Waals surface area contributed by atoms with Gasteiger partial charge in [0.2, 0.25) is 0 Å². The van der Waals surface area contributed by atoms with Gasteiger partial charge in [0.05, 0.1) is 6.04 Å². The zero-order chi connectivity index (χ0) is 14.5. The largest absolute Gasteiger partial charge is 0.363 e. The maximum absolute atomic E-state index is 6.10. The van der Waals surface area contributed by atoms with Crippen molar-refractivity contribution in [1.82, 2.24) is 0 Å². The second-order valence-electron chi connectivity index (χ2n) is 4.58. The van der Waals surface area contributed by atoms with Gasteiger partial charge in [0, 0.05) is 28.8 Å². The molecule has 0 bridgehead atoms. The van der Waals surface area contributed by atoms with Gasteiger partial charge in [-0.3, -0.25) is 0 Å². The van der Waals surface area contributed by atoms with Crippen molar-refractivity contribution in [3.8, 4) is 0 Å². The van der Waals surface area contributed by atoms with Crippen LogP contribution in [0.25, 0.3) is 0 Å². The third-order valence-corrected chi connectivity index (χ3v) is 3.73. The molecule has 2 aromatic carbocycles. The maximum Gasteiger partial charge on any atom is 0.0665 e. The van der Waals surface area contributed by atoms with Crippen molar-refractivity contribution in [1.29, 1.82) is 0 Å². The first kappa shape index (κ1) is 15.2. The molecule has 0 aliphatic carbocycles. The van der Waals surface area contributed by atoms with E-state index in [-0.39, 0.29) is 6.04 Å². The van der Waals surface area contributed by atoms with Gasteiger partial charge in [-0.2, -0.15) is 0 Å². The highest BCUT2D eigenvalue weighted by molar-refractivity contribution is 6.34. The predicted octanol–water partition coefficient (Wildman–Crippen LogP) is 4.52. The Balaban J connectivity index is 2.39. The minimum Gasteiger partial charge on any atom is -0.363 e. The van der Waals surface area contributed by atoms with E-state index in [1.54, 1.807) is 6.07 Å². The Morgan fingerprint density at radius 1 is 1.05 bits per heavy atom. The average molecular weight is 309 g/mol. The van der Waals surface area contributed by atoms with E-state index in [0.717, 1.165) is 17.8 Å². The van der Waals surface area contributed by atoms with Crippen LogP contribution in [0.15, 0.2) is 48.5 Å². The number of nitrogens with zero attached hydrogens (tertiary/aromatic N) is 1. The molecule has 20 heavy (non-hydrogen) atoms. The number of rotatable bonds is 5. The molecule has 0 saturated carbocycles. The summed E-state index contributed by atoms with van der Waals surface area (Å²) in [6, 6.07) is 15.9. The number of hydrogen-bond acceptors (Lipinski definition) is 2. The van der Waals surface area contributed by atoms with E-state index in [1.807, 2.05) is 30.3 Å². The van der Waals surface area contributed by atoms with E-state index in [4.69, 9.17) is 28.9 Å². The molecule has 106 valence electrons. The van der Waals surface area contributed by atoms with E-state index in [1.165, 1.54) is 0 Å². The molecule has 0 aromatic heterocycles. The van der Waals surface area contributed by atoms with Crippen molar-refractivity contribution in [3.05, 3.63) is 64.1 Å². The van der Waals surface area contributed by atoms with Gasteiger partial charge in [-0.25, -0.2) is 0 Å². The normalized spacial score (nSPS) is 12.2. The summed E-state index contributed by atoms with van der Waals surface area (Å²) >= 11 is 12.2. The van der Waals surface area contributed by atoms with Crippen molar-refractivity contribution in [3.63, 3.8) is 0 Å². The van der Waals surface area contributed by atoms with Crippen molar-refractivity contribution in [2.24, 2.45) is 5.73 Å². The van der Waals surface area contributed by atoms with Crippen LogP contribution >= 0.6 is 23.2 Å². The van der Waals surface area contributed by atoms with Gasteiger partial charge in [-0.1, -0.05) is 41.4 Å². The van der Waals surface area contributed by atoms with E-state index < -0.39 is 0 Å². The van der Waals surface area contributed by atoms with Crippen LogP contribution in [0, 0.1) is 0 Å². The van der Waals surface area contributed by atoms with Crippen molar-refractivity contribution >= 4 is 28.9 Å². The van der Waals surface area contributed by atoms with Crippen LogP contribution in [0.2, 0.25) is 10.0 Å². The molecule has 1 unspecified atom stereocenters. The molecule has 0 heterocycles. The van der Waals surface area contributed by atoms with Crippen LogP contribution in [-0.4, -0.2) is 13.1 Å². The first-order valence-corrected chi connectivity index (χ1v) is 7.39. The van der Waals surface area contributed by atoms with Crippen molar-refractivity contribution in [2.45, 2.75) is 13.0 Å². The highest BCUT2D eigenvalue weighted by Gasteiger charge is 2.19. The van der Waals surface area contributed by atoms with Gasteiger partial charge >= 0.3 is 0 Å². The molecule has 0 amide bonds. The fourth-order valence-corrected chi connectivity index (χ4v) is 2.96. The Morgan fingerprint density at radius 3 is 2.15 bits per heavy atom. The average Bonchev–Trinajstić information content (AvgIpc) is 2.44. The van der Waals surface area contributed by atoms with Crippen LogP contribution in [0.5, 0.6) is 0 Å². The molecule has 4 heteroatoms. The quantitative estimate of drug-likeness (QED) is 0.880. The minimum atomic E-state index is 0.0543. The monoisotopic (exact) mass is 308 g/mol. The first-order chi connectivity index (χ1) is 9.65. The van der Waals surface area contributed by atoms with Gasteiger partial charge < -0.3 is 10.6 Å². The predicted molar refractivity (Wildman–Crippen MR) is 87.7 cm³/mol. The zero-order valence-electron chi connectivity index (χ0n) is 11.4. The van der Waals surface area contributed by atoms with Gasteiger partial charge in [-0.15, -0.1) is 0 Å². The van der Waals surface area contributed by atoms with Crippen LogP contribution in [0.3, 0.4) is 0 Å². The maximum atomic E-state index is 6.10. The summed E-state index contributed by atoms with van der Waals surface area (Å²) in [5, 5.41) is 1.27. The SMILES string of the molecule is CCN(c1ccccc1)C(CN)c1cc(Cl)cc(Cl)c1. The fourth-order valence-electron chi connectivity index (χ4n) is 2.41. The van der Waals surface area contributed by atoms with Gasteiger partial charge in [0.1, 0.15) is 0 Å². The molecular weight excluding hydrogens is 291 g/mol. The Hall–Kier alpha value is -1.22. The van der Waals surface area contributed by atoms with Gasteiger partial charge in [0.25, 0.3) is 0 Å². The number of para-hydroxylation sites is 1. The Bertz CT molecular complexity index is 537. The lowest BCUT2D eigenvalue weighted by Gasteiger charge is -2.32. The number of benzene rings is 2. The zero-order valence-corrected chi connectivity index (χ0v) is 12.9. The third-order valence-electron chi connectivity index (χ3n) is 3.30. The minimum absolute atomic E-state index is 0.0543. The Labute approximate surface area is 130 Å². The lowest BCUT2D eigenvalue weighted by Crippen LogP contribution is -2.33. The molecule has 0 fully saturated rings. The topological polar surface area (TPSA) is 29.3 Å². The highest BCUT2D eigenvalue weighted by Crippen LogP contribution is 2.30. The summed E-state index contributed by atoms with van der Waals surface area (Å²) in [4.78, 5) is 2.25. The van der Waals surface area contributed by atoms with E-state index in [2.05, 4.69) is 24.0 Å². The highest BCUT2D eigenvalue weighted by atomic mass is 35.5. The molecule has 2 rings (SSSR count). The molecule has 0 aliphatic heterocycles. The van der Waals surface area contributed by atoms with E-state index in [0.29, 0.717) is 16.6 Å². The molecule has 0 saturated heterocycles. The molecule has 0 radical (unpaired) electrons. The number of likely N-dealkylation sites (N-methyl/N-ethyl adjacent to an activating group) is 1. The molecule has 0 aliphatic rings. The second kappa shape index (κ2) is 6.98. The number of anilines is 1. The summed E-state index contributed by atoms with van der Waals surface area (Å²) in [5.41, 5.74) is 8.17. The molecule has 2 N–H and O–H groups in total. The van der Waals surface area contributed by atoms with Crippen LogP contribution < -0.4 is 10.6 Å². The van der Waals surface area contributed by atoms with Crippen molar-refractivity contribution < 1.29 is 0 Å². The van der Waals surface area contributed by atoms with Crippen LogP contribution in [-0.2, 0) is 0 Å². The summed E-state index contributed by atoms with van der Waals surface area (Å²) in [6.45, 7) is 3.47. The van der Waals surface area contributed by atoms with E-state index >= 15 is 0 Å². The Kier molecular flexibility index (Phi) is 5.30. The fraction of sp³-hybridized carbons (Fsp3) is 0.250. The lowest BCUT2D eigenvalue weighted by atomic mass is 10.0. The Morgan fingerprint density at radius 2 is 1.65 bits per heavy atom. The third kappa shape index (κ3) is 3.45. The summed E-state index contributed by atoms with van der Waals surface area (Å²) in [7, 11) is 0. The lowest BCUT2D eigenvalue weighted by molar-refractivity contribution is 0.643. The van der Waals surface area contributed by atoms with Crippen LogP contribution in [0.1, 0.15) is 18.5 Å². The van der Waals surface area contributed by atoms with Crippen molar-refractivity contribution in [2.75, 3.05) is 18.0 Å². The number of hydrogen-bond donors (Lipinski definition) is 1. The summed E-state index contributed by atoms with van der Waals surface area (Å²) < 4.78 is 0. The summed E-state index contributed by atoms with van der Waals surface area (Å²) in [6.07, 6.45) is 0. The first-order valence-electron chi connectivity index (χ1n) is 6.63. The molecular formula is C16H18Cl2N2. The number of halogens is 2. The molecule has 1 atom stereocenters. The van der Waals surface area contributed by atoms with Gasteiger partial charge in [-0.05, 0) is 42.8 Å². The van der Waals surface area contributed by atoms with Gasteiger partial charge in [0.15, 0.2) is 0 Å². The van der Waals surface area contributed by atoms with Crippen LogP contribution in [0.4, 0.5) is 5.69 Å². The molecule has 2 nitrogen and oxygen atoms in total. The standard InChI is InChI=1S/C16H18Cl2N2/c1-2-20(15-6-4-3-5-7-15)16(11-19)12-8-13(17)10-14(18)9-12/h3-10,16H,2,11,19H2,1H3. The molecule has 2 aromatic rings.